The molecule has 0 fully saturated rings. The van der Waals surface area contributed by atoms with Crippen molar-refractivity contribution < 1.29 is 0 Å². The molecule has 106 valence electrons. The summed E-state index contributed by atoms with van der Waals surface area (Å²) in [6.07, 6.45) is 4.59. The highest BCUT2D eigenvalue weighted by atomic mass is 79.9. The van der Waals surface area contributed by atoms with Crippen molar-refractivity contribution in [3.05, 3.63) is 81.2 Å². The smallest absolute Gasteiger partial charge is 0.0999 e. The summed E-state index contributed by atoms with van der Waals surface area (Å²) in [6.45, 7) is 0. The molecule has 3 heterocycles. The van der Waals surface area contributed by atoms with Crippen LogP contribution in [0.2, 0.25) is 0 Å². The number of anilines is 3. The average molecular weight is 366 g/mol. The molecule has 0 spiro atoms. The van der Waals surface area contributed by atoms with Gasteiger partial charge in [-0.05, 0) is 52.9 Å². The van der Waals surface area contributed by atoms with Gasteiger partial charge in [-0.15, -0.1) is 11.3 Å². The quantitative estimate of drug-likeness (QED) is 0.478. The van der Waals surface area contributed by atoms with Gasteiger partial charge in [-0.25, -0.2) is 0 Å². The Hall–Kier alpha value is -1.84. The van der Waals surface area contributed by atoms with E-state index in [2.05, 4.69) is 86.9 Å². The third-order valence-corrected chi connectivity index (χ3v) is 6.00. The first-order chi connectivity index (χ1) is 10.8. The molecule has 0 saturated heterocycles. The Morgan fingerprint density at radius 3 is 2.64 bits per heavy atom. The molecule has 2 aromatic carbocycles. The first kappa shape index (κ1) is 12.7. The van der Waals surface area contributed by atoms with E-state index in [4.69, 9.17) is 0 Å². The fourth-order valence-corrected chi connectivity index (χ4v) is 4.82. The lowest BCUT2D eigenvalue weighted by Gasteiger charge is -2.25. The van der Waals surface area contributed by atoms with Gasteiger partial charge in [-0.3, -0.25) is 0 Å². The van der Waals surface area contributed by atoms with Crippen molar-refractivity contribution in [2.45, 2.75) is 5.92 Å². The van der Waals surface area contributed by atoms with Gasteiger partial charge in [0.25, 0.3) is 0 Å². The van der Waals surface area contributed by atoms with Gasteiger partial charge in [-0.1, -0.05) is 40.2 Å². The SMILES string of the molecule is Brc1ccc2c3c1C(C=C3)c1ccc(cc1)N2c1cccs1. The molecule has 0 radical (unpaired) electrons. The van der Waals surface area contributed by atoms with Crippen molar-refractivity contribution in [1.29, 1.82) is 0 Å². The normalized spacial score (nSPS) is 17.5. The number of thiophene rings is 1. The zero-order chi connectivity index (χ0) is 14.7. The van der Waals surface area contributed by atoms with Gasteiger partial charge < -0.3 is 4.90 Å². The van der Waals surface area contributed by atoms with Gasteiger partial charge in [-0.2, -0.15) is 0 Å². The maximum Gasteiger partial charge on any atom is 0.0999 e. The molecule has 3 aromatic rings. The lowest BCUT2D eigenvalue weighted by molar-refractivity contribution is 1.04. The zero-order valence-electron chi connectivity index (χ0n) is 11.7. The van der Waals surface area contributed by atoms with Gasteiger partial charge in [0.15, 0.2) is 0 Å². The van der Waals surface area contributed by atoms with Crippen molar-refractivity contribution in [2.24, 2.45) is 0 Å². The van der Waals surface area contributed by atoms with Gasteiger partial charge in [0.1, 0.15) is 0 Å². The number of allylic oxidation sites excluding steroid dienone is 1. The Balaban J connectivity index is 1.91. The summed E-state index contributed by atoms with van der Waals surface area (Å²) in [5.74, 6) is 0.349. The van der Waals surface area contributed by atoms with E-state index < -0.39 is 0 Å². The number of fused-ring (bicyclic) bond motifs is 2. The third kappa shape index (κ3) is 1.64. The molecule has 1 aromatic heterocycles. The lowest BCUT2D eigenvalue weighted by Crippen LogP contribution is -2.09. The van der Waals surface area contributed by atoms with Crippen LogP contribution >= 0.6 is 27.3 Å². The molecule has 6 rings (SSSR count). The van der Waals surface area contributed by atoms with Crippen molar-refractivity contribution in [3.8, 4) is 0 Å². The second kappa shape index (κ2) is 4.58. The average Bonchev–Trinajstić information content (AvgIpc) is 3.21. The maximum absolute atomic E-state index is 3.76. The summed E-state index contributed by atoms with van der Waals surface area (Å²) in [4.78, 5) is 2.36. The van der Waals surface area contributed by atoms with E-state index in [1.54, 1.807) is 11.3 Å². The molecule has 1 nitrogen and oxygen atoms in total. The molecule has 1 aliphatic carbocycles. The predicted octanol–water partition coefficient (Wildman–Crippen LogP) is 6.45. The van der Waals surface area contributed by atoms with E-state index in [9.17, 15) is 0 Å². The largest absolute Gasteiger partial charge is 0.301 e. The van der Waals surface area contributed by atoms with Crippen LogP contribution in [0.5, 0.6) is 0 Å². The van der Waals surface area contributed by atoms with E-state index in [0.29, 0.717) is 5.92 Å². The lowest BCUT2D eigenvalue weighted by atomic mass is 9.93. The Morgan fingerprint density at radius 2 is 1.86 bits per heavy atom. The van der Waals surface area contributed by atoms with E-state index in [1.807, 2.05) is 0 Å². The van der Waals surface area contributed by atoms with E-state index in [0.717, 1.165) is 0 Å². The van der Waals surface area contributed by atoms with E-state index in [1.165, 1.54) is 37.5 Å². The number of hydrogen-bond acceptors (Lipinski definition) is 2. The van der Waals surface area contributed by atoms with Gasteiger partial charge in [0, 0.05) is 21.6 Å². The standard InChI is InChI=1S/C19H12BrNS/c20-16-9-10-17-15-8-7-14(19(15)16)12-3-5-13(6-4-12)21(17)18-2-1-11-22-18/h1-11,14H. The zero-order valence-corrected chi connectivity index (χ0v) is 14.1. The van der Waals surface area contributed by atoms with Crippen LogP contribution in [0, 0.1) is 0 Å². The van der Waals surface area contributed by atoms with E-state index >= 15 is 0 Å². The van der Waals surface area contributed by atoms with Crippen LogP contribution < -0.4 is 4.90 Å². The third-order valence-electron chi connectivity index (χ3n) is 4.46. The number of nitrogens with zero attached hydrogens (tertiary/aromatic N) is 1. The van der Waals surface area contributed by atoms with Crippen LogP contribution in [0.3, 0.4) is 0 Å². The molecular weight excluding hydrogens is 354 g/mol. The second-order valence-corrected chi connectivity index (χ2v) is 7.39. The van der Waals surface area contributed by atoms with Crippen molar-refractivity contribution in [3.63, 3.8) is 0 Å². The molecule has 3 heteroatoms. The Morgan fingerprint density at radius 1 is 1.00 bits per heavy atom. The Bertz CT molecular complexity index is 894. The predicted molar refractivity (Wildman–Crippen MR) is 97.6 cm³/mol. The van der Waals surface area contributed by atoms with Gasteiger partial charge in [0.05, 0.1) is 10.7 Å². The first-order valence-electron chi connectivity index (χ1n) is 7.27. The summed E-state index contributed by atoms with van der Waals surface area (Å²) in [5.41, 5.74) is 6.54. The fraction of sp³-hybridized carbons (Fsp3) is 0.0526. The number of hydrogen-bond donors (Lipinski definition) is 0. The van der Waals surface area contributed by atoms with Crippen LogP contribution in [0.15, 0.2) is 64.5 Å². The number of halogens is 1. The molecule has 0 N–H and O–H groups in total. The van der Waals surface area contributed by atoms with Crippen LogP contribution in [0.1, 0.15) is 22.6 Å². The summed E-state index contributed by atoms with van der Waals surface area (Å²) in [5, 5.41) is 3.38. The summed E-state index contributed by atoms with van der Waals surface area (Å²) >= 11 is 5.53. The first-order valence-corrected chi connectivity index (χ1v) is 8.94. The molecule has 22 heavy (non-hydrogen) atoms. The van der Waals surface area contributed by atoms with Crippen molar-refractivity contribution >= 4 is 49.7 Å². The van der Waals surface area contributed by atoms with Gasteiger partial charge >= 0.3 is 0 Å². The summed E-state index contributed by atoms with van der Waals surface area (Å²) in [6, 6.07) is 17.7. The molecule has 3 aliphatic rings. The molecule has 0 saturated carbocycles. The molecule has 1 atom stereocenters. The van der Waals surface area contributed by atoms with Crippen LogP contribution in [-0.2, 0) is 0 Å². The minimum Gasteiger partial charge on any atom is -0.301 e. The highest BCUT2D eigenvalue weighted by Gasteiger charge is 2.29. The summed E-state index contributed by atoms with van der Waals surface area (Å²) in [7, 11) is 0. The number of benzene rings is 2. The number of rotatable bonds is 1. The van der Waals surface area contributed by atoms with Crippen LogP contribution in [-0.4, -0.2) is 0 Å². The summed E-state index contributed by atoms with van der Waals surface area (Å²) < 4.78 is 1.19. The highest BCUT2D eigenvalue weighted by Crippen LogP contribution is 2.49. The van der Waals surface area contributed by atoms with Crippen LogP contribution in [0.4, 0.5) is 16.4 Å². The minimum atomic E-state index is 0.349. The van der Waals surface area contributed by atoms with Crippen molar-refractivity contribution in [1.82, 2.24) is 0 Å². The highest BCUT2D eigenvalue weighted by molar-refractivity contribution is 9.10. The van der Waals surface area contributed by atoms with E-state index in [-0.39, 0.29) is 0 Å². The minimum absolute atomic E-state index is 0.349. The molecule has 2 aliphatic heterocycles. The Kier molecular flexibility index (Phi) is 2.64. The molecular formula is C19H12BrNS. The maximum atomic E-state index is 3.76. The fourth-order valence-electron chi connectivity index (χ4n) is 3.46. The molecule has 1 unspecified atom stereocenters. The van der Waals surface area contributed by atoms with Crippen LogP contribution in [0.25, 0.3) is 6.08 Å². The van der Waals surface area contributed by atoms with Crippen molar-refractivity contribution in [2.75, 3.05) is 4.90 Å². The Labute approximate surface area is 141 Å². The topological polar surface area (TPSA) is 3.24 Å². The monoisotopic (exact) mass is 365 g/mol. The molecule has 6 bridgehead atoms. The molecule has 0 amide bonds. The van der Waals surface area contributed by atoms with Gasteiger partial charge in [0.2, 0.25) is 0 Å². The second-order valence-electron chi connectivity index (χ2n) is 5.61.